The lowest BCUT2D eigenvalue weighted by Gasteiger charge is -2.17. The summed E-state index contributed by atoms with van der Waals surface area (Å²) in [5.74, 6) is -0.447. The smallest absolute Gasteiger partial charge is 0.163 e. The third-order valence-corrected chi connectivity index (χ3v) is 4.00. The zero-order chi connectivity index (χ0) is 13.3. The second-order valence-corrected chi connectivity index (χ2v) is 6.06. The molecule has 19 heavy (non-hydrogen) atoms. The van der Waals surface area contributed by atoms with E-state index in [2.05, 4.69) is 29.6 Å². The molecule has 3 rings (SSSR count). The van der Waals surface area contributed by atoms with E-state index in [1.54, 1.807) is 0 Å². The Bertz CT molecular complexity index is 421. The Balaban J connectivity index is 1.62. The number of hydrogen-bond acceptors (Lipinski definition) is 3. The molecule has 2 unspecified atom stereocenters. The minimum Gasteiger partial charge on any atom is -0.347 e. The minimum absolute atomic E-state index is 0.0775. The van der Waals surface area contributed by atoms with Gasteiger partial charge in [-0.3, -0.25) is 0 Å². The molecule has 0 saturated carbocycles. The molecule has 1 aromatic rings. The Kier molecular flexibility index (Phi) is 3.61. The molecule has 0 radical (unpaired) electrons. The molecule has 0 aliphatic carbocycles. The van der Waals surface area contributed by atoms with Gasteiger partial charge in [0.25, 0.3) is 0 Å². The van der Waals surface area contributed by atoms with Crippen LogP contribution < -0.4 is 5.32 Å². The van der Waals surface area contributed by atoms with Crippen LogP contribution in [0.25, 0.3) is 0 Å². The third-order valence-electron chi connectivity index (χ3n) is 4.00. The molecule has 2 atom stereocenters. The van der Waals surface area contributed by atoms with Gasteiger partial charge in [-0.1, -0.05) is 24.3 Å². The summed E-state index contributed by atoms with van der Waals surface area (Å²) in [7, 11) is 0. The predicted molar refractivity (Wildman–Crippen MR) is 75.0 cm³/mol. The van der Waals surface area contributed by atoms with E-state index in [0.29, 0.717) is 12.6 Å². The maximum absolute atomic E-state index is 5.87. The molecular weight excluding hydrogens is 238 g/mol. The van der Waals surface area contributed by atoms with Crippen molar-refractivity contribution in [3.63, 3.8) is 0 Å². The highest BCUT2D eigenvalue weighted by Crippen LogP contribution is 2.32. The van der Waals surface area contributed by atoms with Gasteiger partial charge in [0.05, 0.1) is 6.61 Å². The van der Waals surface area contributed by atoms with Crippen LogP contribution in [-0.4, -0.2) is 25.0 Å². The quantitative estimate of drug-likeness (QED) is 0.907. The summed E-state index contributed by atoms with van der Waals surface area (Å²) in [6.45, 7) is 5.75. The molecule has 0 aromatic heterocycles. The lowest BCUT2D eigenvalue weighted by atomic mass is 10.0. The number of hydrogen-bond donors (Lipinski definition) is 1. The van der Waals surface area contributed by atoms with Crippen molar-refractivity contribution in [3.8, 4) is 0 Å². The van der Waals surface area contributed by atoms with Crippen LogP contribution in [0.5, 0.6) is 0 Å². The van der Waals surface area contributed by atoms with Crippen LogP contribution in [0.2, 0.25) is 0 Å². The lowest BCUT2D eigenvalue weighted by molar-refractivity contribution is -0.139. The Morgan fingerprint density at radius 3 is 2.63 bits per heavy atom. The largest absolute Gasteiger partial charge is 0.347 e. The molecule has 2 fully saturated rings. The average Bonchev–Trinajstić information content (AvgIpc) is 3.00. The van der Waals surface area contributed by atoms with Gasteiger partial charge in [-0.05, 0) is 50.8 Å². The summed E-state index contributed by atoms with van der Waals surface area (Å²) >= 11 is 0. The summed E-state index contributed by atoms with van der Waals surface area (Å²) in [6, 6.07) is 9.48. The number of nitrogens with one attached hydrogen (secondary N) is 1. The van der Waals surface area contributed by atoms with Gasteiger partial charge in [-0.2, -0.15) is 0 Å². The first-order valence-electron chi connectivity index (χ1n) is 7.26. The van der Waals surface area contributed by atoms with Crippen molar-refractivity contribution in [2.24, 2.45) is 0 Å². The van der Waals surface area contributed by atoms with Crippen molar-refractivity contribution in [1.82, 2.24) is 5.32 Å². The average molecular weight is 261 g/mol. The van der Waals surface area contributed by atoms with Crippen LogP contribution in [0.3, 0.4) is 0 Å². The van der Waals surface area contributed by atoms with Crippen LogP contribution in [0, 0.1) is 0 Å². The van der Waals surface area contributed by atoms with E-state index in [4.69, 9.17) is 9.47 Å². The van der Waals surface area contributed by atoms with Crippen molar-refractivity contribution in [2.45, 2.75) is 51.0 Å². The van der Waals surface area contributed by atoms with Gasteiger partial charge in [0.1, 0.15) is 6.10 Å². The molecule has 0 spiro atoms. The van der Waals surface area contributed by atoms with Crippen LogP contribution in [-0.2, 0) is 15.9 Å². The predicted octanol–water partition coefficient (Wildman–Crippen LogP) is 2.81. The summed E-state index contributed by atoms with van der Waals surface area (Å²) in [4.78, 5) is 0. The molecule has 2 aliphatic rings. The fraction of sp³-hybridized carbons (Fsp3) is 0.625. The van der Waals surface area contributed by atoms with Crippen LogP contribution >= 0.6 is 0 Å². The number of ether oxygens (including phenoxy) is 2. The molecule has 3 nitrogen and oxygen atoms in total. The van der Waals surface area contributed by atoms with Crippen molar-refractivity contribution in [1.29, 1.82) is 0 Å². The molecular formula is C16H23NO2. The summed E-state index contributed by atoms with van der Waals surface area (Å²) in [6.07, 6.45) is 3.82. The molecule has 1 N–H and O–H groups in total. The zero-order valence-corrected chi connectivity index (χ0v) is 11.8. The fourth-order valence-electron chi connectivity index (χ4n) is 2.94. The lowest BCUT2D eigenvalue weighted by Crippen LogP contribution is -2.23. The van der Waals surface area contributed by atoms with E-state index in [9.17, 15) is 0 Å². The highest BCUT2D eigenvalue weighted by atomic mass is 16.7. The standard InChI is InChI=1S/C16H23NO2/c1-16(2)18-11-15(19-16)13-7-5-12(6-8-13)10-14-4-3-9-17-14/h5-8,14-15,17H,3-4,9-11H2,1-2H3. The zero-order valence-electron chi connectivity index (χ0n) is 11.8. The highest BCUT2D eigenvalue weighted by Gasteiger charge is 2.33. The van der Waals surface area contributed by atoms with Crippen LogP contribution in [0.1, 0.15) is 43.9 Å². The maximum atomic E-state index is 5.87. The van der Waals surface area contributed by atoms with Crippen molar-refractivity contribution in [3.05, 3.63) is 35.4 Å². The van der Waals surface area contributed by atoms with E-state index >= 15 is 0 Å². The van der Waals surface area contributed by atoms with E-state index in [1.165, 1.54) is 30.5 Å². The van der Waals surface area contributed by atoms with Gasteiger partial charge in [-0.15, -0.1) is 0 Å². The normalized spacial score (nSPS) is 29.8. The van der Waals surface area contributed by atoms with E-state index in [-0.39, 0.29) is 6.10 Å². The molecule has 1 aromatic carbocycles. The first kappa shape index (κ1) is 13.1. The van der Waals surface area contributed by atoms with Crippen LogP contribution in [0.4, 0.5) is 0 Å². The highest BCUT2D eigenvalue weighted by molar-refractivity contribution is 5.25. The van der Waals surface area contributed by atoms with Crippen LogP contribution in [0.15, 0.2) is 24.3 Å². The van der Waals surface area contributed by atoms with E-state index < -0.39 is 5.79 Å². The summed E-state index contributed by atoms with van der Waals surface area (Å²) in [5, 5.41) is 3.54. The van der Waals surface area contributed by atoms with Gasteiger partial charge in [0.15, 0.2) is 5.79 Å². The third kappa shape index (κ3) is 3.16. The topological polar surface area (TPSA) is 30.5 Å². The Labute approximate surface area is 115 Å². The van der Waals surface area contributed by atoms with Crippen molar-refractivity contribution in [2.75, 3.05) is 13.2 Å². The molecule has 3 heteroatoms. The van der Waals surface area contributed by atoms with Gasteiger partial charge in [0, 0.05) is 6.04 Å². The Morgan fingerprint density at radius 2 is 2.05 bits per heavy atom. The van der Waals surface area contributed by atoms with Gasteiger partial charge in [-0.25, -0.2) is 0 Å². The molecule has 0 bridgehead atoms. The second-order valence-electron chi connectivity index (χ2n) is 6.06. The first-order valence-corrected chi connectivity index (χ1v) is 7.26. The molecule has 2 aliphatic heterocycles. The fourth-order valence-corrected chi connectivity index (χ4v) is 2.94. The van der Waals surface area contributed by atoms with Crippen molar-refractivity contribution < 1.29 is 9.47 Å². The Morgan fingerprint density at radius 1 is 1.26 bits per heavy atom. The number of rotatable bonds is 3. The molecule has 2 saturated heterocycles. The van der Waals surface area contributed by atoms with Gasteiger partial charge < -0.3 is 14.8 Å². The molecule has 0 amide bonds. The summed E-state index contributed by atoms with van der Waals surface area (Å²) < 4.78 is 11.5. The van der Waals surface area contributed by atoms with E-state index in [0.717, 1.165) is 6.42 Å². The maximum Gasteiger partial charge on any atom is 0.163 e. The molecule has 104 valence electrons. The second kappa shape index (κ2) is 5.23. The molecule has 2 heterocycles. The number of benzene rings is 1. The monoisotopic (exact) mass is 261 g/mol. The first-order chi connectivity index (χ1) is 9.12. The van der Waals surface area contributed by atoms with Gasteiger partial charge >= 0.3 is 0 Å². The van der Waals surface area contributed by atoms with E-state index in [1.807, 2.05) is 13.8 Å². The summed E-state index contributed by atoms with van der Waals surface area (Å²) in [5.41, 5.74) is 2.62. The minimum atomic E-state index is -0.447. The van der Waals surface area contributed by atoms with Gasteiger partial charge in [0.2, 0.25) is 0 Å². The SMILES string of the molecule is CC1(C)OCC(c2ccc(CC3CCCN3)cc2)O1. The Hall–Kier alpha value is -0.900. The van der Waals surface area contributed by atoms with Crippen molar-refractivity contribution >= 4 is 0 Å².